The number of hydrogen-bond donors (Lipinski definition) is 1. The van der Waals surface area contributed by atoms with Gasteiger partial charge in [0.15, 0.2) is 0 Å². The van der Waals surface area contributed by atoms with E-state index in [1.165, 1.54) is 0 Å². The Kier molecular flexibility index (Phi) is 5.44. The first-order chi connectivity index (χ1) is 7.20. The van der Waals surface area contributed by atoms with Crippen LogP contribution < -0.4 is 5.32 Å². The van der Waals surface area contributed by atoms with Gasteiger partial charge >= 0.3 is 0 Å². The Morgan fingerprint density at radius 1 is 1.27 bits per heavy atom. The lowest BCUT2D eigenvalue weighted by Gasteiger charge is -2.18. The molecule has 84 valence electrons. The average Bonchev–Trinajstić information content (AvgIpc) is 2.25. The van der Waals surface area contributed by atoms with Crippen molar-refractivity contribution in [1.82, 2.24) is 5.32 Å². The summed E-state index contributed by atoms with van der Waals surface area (Å²) in [7, 11) is 0. The Morgan fingerprint density at radius 3 is 2.60 bits per heavy atom. The molecule has 0 radical (unpaired) electrons. The van der Waals surface area contributed by atoms with Crippen LogP contribution in [0.4, 0.5) is 0 Å². The second-order valence-electron chi connectivity index (χ2n) is 3.56. The van der Waals surface area contributed by atoms with Crippen molar-refractivity contribution in [1.29, 1.82) is 0 Å². The van der Waals surface area contributed by atoms with Crippen molar-refractivity contribution in [2.45, 2.75) is 32.7 Å². The molecule has 1 aromatic rings. The van der Waals surface area contributed by atoms with E-state index in [0.29, 0.717) is 16.1 Å². The number of rotatable bonds is 5. The highest BCUT2D eigenvalue weighted by Crippen LogP contribution is 2.31. The molecule has 3 heteroatoms. The molecule has 1 rings (SSSR count). The third-order valence-electron chi connectivity index (χ3n) is 2.41. The SMILES string of the molecule is CCCNC(CC)c1cccc(Cl)c1Cl. The maximum absolute atomic E-state index is 6.17. The van der Waals surface area contributed by atoms with Gasteiger partial charge in [-0.3, -0.25) is 0 Å². The molecule has 15 heavy (non-hydrogen) atoms. The number of halogens is 2. The molecule has 1 nitrogen and oxygen atoms in total. The fraction of sp³-hybridized carbons (Fsp3) is 0.500. The molecule has 1 atom stereocenters. The quantitative estimate of drug-likeness (QED) is 0.809. The van der Waals surface area contributed by atoms with Gasteiger partial charge in [-0.1, -0.05) is 49.2 Å². The first-order valence-corrected chi connectivity index (χ1v) is 6.13. The Hall–Kier alpha value is -0.240. The summed E-state index contributed by atoms with van der Waals surface area (Å²) in [6, 6.07) is 6.10. The van der Waals surface area contributed by atoms with E-state index in [1.807, 2.05) is 18.2 Å². The van der Waals surface area contributed by atoms with E-state index in [-0.39, 0.29) is 0 Å². The summed E-state index contributed by atoms with van der Waals surface area (Å²) in [5.74, 6) is 0. The summed E-state index contributed by atoms with van der Waals surface area (Å²) in [4.78, 5) is 0. The molecule has 0 heterocycles. The zero-order chi connectivity index (χ0) is 11.3. The van der Waals surface area contributed by atoms with Gasteiger partial charge in [-0.25, -0.2) is 0 Å². The monoisotopic (exact) mass is 245 g/mol. The molecule has 0 saturated carbocycles. The highest BCUT2D eigenvalue weighted by molar-refractivity contribution is 6.42. The highest BCUT2D eigenvalue weighted by Gasteiger charge is 2.13. The van der Waals surface area contributed by atoms with Crippen LogP contribution in [0.15, 0.2) is 18.2 Å². The maximum atomic E-state index is 6.17. The normalized spacial score (nSPS) is 12.8. The van der Waals surface area contributed by atoms with Crippen molar-refractivity contribution < 1.29 is 0 Å². The third-order valence-corrected chi connectivity index (χ3v) is 3.24. The van der Waals surface area contributed by atoms with Crippen molar-refractivity contribution in [2.75, 3.05) is 6.54 Å². The minimum atomic E-state index is 0.302. The van der Waals surface area contributed by atoms with Gasteiger partial charge in [-0.15, -0.1) is 0 Å². The van der Waals surface area contributed by atoms with Crippen molar-refractivity contribution in [2.24, 2.45) is 0 Å². The molecule has 1 N–H and O–H groups in total. The molecule has 0 aromatic heterocycles. The fourth-order valence-electron chi connectivity index (χ4n) is 1.58. The number of hydrogen-bond acceptors (Lipinski definition) is 1. The van der Waals surface area contributed by atoms with Crippen LogP contribution in [-0.2, 0) is 0 Å². The van der Waals surface area contributed by atoms with Gasteiger partial charge in [-0.2, -0.15) is 0 Å². The molecule has 1 unspecified atom stereocenters. The van der Waals surface area contributed by atoms with Crippen molar-refractivity contribution in [3.8, 4) is 0 Å². The van der Waals surface area contributed by atoms with Gasteiger partial charge < -0.3 is 5.32 Å². The summed E-state index contributed by atoms with van der Waals surface area (Å²) >= 11 is 12.2. The minimum Gasteiger partial charge on any atom is -0.310 e. The van der Waals surface area contributed by atoms with Crippen LogP contribution in [0.1, 0.15) is 38.3 Å². The van der Waals surface area contributed by atoms with E-state index < -0.39 is 0 Å². The molecule has 1 aromatic carbocycles. The van der Waals surface area contributed by atoms with Gasteiger partial charge in [0.05, 0.1) is 10.0 Å². The Balaban J connectivity index is 2.86. The van der Waals surface area contributed by atoms with Crippen molar-refractivity contribution >= 4 is 23.2 Å². The predicted octanol–water partition coefficient (Wildman–Crippen LogP) is 4.44. The van der Waals surface area contributed by atoms with Crippen molar-refractivity contribution in [3.05, 3.63) is 33.8 Å². The van der Waals surface area contributed by atoms with Crippen LogP contribution in [0.25, 0.3) is 0 Å². The zero-order valence-corrected chi connectivity index (χ0v) is 10.7. The zero-order valence-electron chi connectivity index (χ0n) is 9.19. The smallest absolute Gasteiger partial charge is 0.0640 e. The van der Waals surface area contributed by atoms with Crippen LogP contribution >= 0.6 is 23.2 Å². The lowest BCUT2D eigenvalue weighted by atomic mass is 10.0. The molecule has 0 aliphatic heterocycles. The molecule has 0 fully saturated rings. The lowest BCUT2D eigenvalue weighted by molar-refractivity contribution is 0.518. The van der Waals surface area contributed by atoms with E-state index in [0.717, 1.165) is 24.9 Å². The molecule has 0 saturated heterocycles. The molecular formula is C12H17Cl2N. The standard InChI is InChI=1S/C12H17Cl2N/c1-3-8-15-11(4-2)9-6-5-7-10(13)12(9)14/h5-7,11,15H,3-4,8H2,1-2H3. The van der Waals surface area contributed by atoms with Gasteiger partial charge in [0, 0.05) is 6.04 Å². The van der Waals surface area contributed by atoms with E-state index in [2.05, 4.69) is 19.2 Å². The highest BCUT2D eigenvalue weighted by atomic mass is 35.5. The molecule has 0 aliphatic rings. The first kappa shape index (κ1) is 12.8. The largest absolute Gasteiger partial charge is 0.310 e. The van der Waals surface area contributed by atoms with E-state index in [9.17, 15) is 0 Å². The van der Waals surface area contributed by atoms with Crippen LogP contribution in [0.2, 0.25) is 10.0 Å². The topological polar surface area (TPSA) is 12.0 Å². The van der Waals surface area contributed by atoms with E-state index in [4.69, 9.17) is 23.2 Å². The second-order valence-corrected chi connectivity index (χ2v) is 4.34. The Labute approximate surface area is 102 Å². The Morgan fingerprint density at radius 2 is 2.00 bits per heavy atom. The van der Waals surface area contributed by atoms with Crippen LogP contribution in [0.3, 0.4) is 0 Å². The van der Waals surface area contributed by atoms with E-state index in [1.54, 1.807) is 0 Å². The fourth-order valence-corrected chi connectivity index (χ4v) is 2.02. The molecule has 0 amide bonds. The number of benzene rings is 1. The summed E-state index contributed by atoms with van der Waals surface area (Å²) in [6.45, 7) is 5.30. The summed E-state index contributed by atoms with van der Waals surface area (Å²) < 4.78 is 0. The lowest BCUT2D eigenvalue weighted by Crippen LogP contribution is -2.21. The summed E-state index contributed by atoms with van der Waals surface area (Å²) in [5, 5.41) is 4.77. The Bertz CT molecular complexity index is 312. The molecule has 0 bridgehead atoms. The molecule has 0 aliphatic carbocycles. The van der Waals surface area contributed by atoms with Crippen LogP contribution in [0, 0.1) is 0 Å². The van der Waals surface area contributed by atoms with Gasteiger partial charge in [0.1, 0.15) is 0 Å². The number of nitrogens with one attached hydrogen (secondary N) is 1. The summed E-state index contributed by atoms with van der Waals surface area (Å²) in [6.07, 6.45) is 2.13. The maximum Gasteiger partial charge on any atom is 0.0640 e. The first-order valence-electron chi connectivity index (χ1n) is 5.38. The second kappa shape index (κ2) is 6.37. The van der Waals surface area contributed by atoms with Gasteiger partial charge in [-0.05, 0) is 31.0 Å². The van der Waals surface area contributed by atoms with Gasteiger partial charge in [0.25, 0.3) is 0 Å². The third kappa shape index (κ3) is 3.37. The predicted molar refractivity (Wildman–Crippen MR) is 67.8 cm³/mol. The van der Waals surface area contributed by atoms with E-state index >= 15 is 0 Å². The molecule has 0 spiro atoms. The van der Waals surface area contributed by atoms with Gasteiger partial charge in [0.2, 0.25) is 0 Å². The summed E-state index contributed by atoms with van der Waals surface area (Å²) in [5.41, 5.74) is 1.10. The van der Waals surface area contributed by atoms with Crippen molar-refractivity contribution in [3.63, 3.8) is 0 Å². The average molecular weight is 246 g/mol. The minimum absolute atomic E-state index is 0.302. The van der Waals surface area contributed by atoms with Crippen LogP contribution in [0.5, 0.6) is 0 Å². The van der Waals surface area contributed by atoms with Crippen LogP contribution in [-0.4, -0.2) is 6.54 Å². The molecular weight excluding hydrogens is 229 g/mol.